The van der Waals surface area contributed by atoms with Crippen LogP contribution in [0.15, 0.2) is 29.9 Å². The van der Waals surface area contributed by atoms with Crippen LogP contribution in [0.4, 0.5) is 4.79 Å². The summed E-state index contributed by atoms with van der Waals surface area (Å²) in [7, 11) is 0. The minimum atomic E-state index is -0.204. The molecule has 2 amide bonds. The predicted molar refractivity (Wildman–Crippen MR) is 70.2 cm³/mol. The Bertz CT molecular complexity index is 512. The fourth-order valence-electron chi connectivity index (χ4n) is 1.41. The third-order valence-electron chi connectivity index (χ3n) is 2.27. The Balaban J connectivity index is 1.73. The number of nitrogens with one attached hydrogen (secondary N) is 2. The van der Waals surface area contributed by atoms with Crippen LogP contribution < -0.4 is 10.6 Å². The first-order chi connectivity index (χ1) is 8.74. The van der Waals surface area contributed by atoms with Gasteiger partial charge in [0.2, 0.25) is 0 Å². The van der Waals surface area contributed by atoms with Crippen molar-refractivity contribution >= 4 is 17.4 Å². The molecular weight excluding hydrogens is 248 g/mol. The molecule has 94 valence electrons. The van der Waals surface area contributed by atoms with Crippen molar-refractivity contribution in [2.45, 2.75) is 20.0 Å². The Morgan fingerprint density at radius 3 is 2.89 bits per heavy atom. The van der Waals surface area contributed by atoms with Gasteiger partial charge in [-0.3, -0.25) is 4.98 Å². The molecule has 0 unspecified atom stereocenters. The Kier molecular flexibility index (Phi) is 4.25. The standard InChI is InChI=1S/C12H14N4OS/c1-9-16-11(8-18-9)7-15-12(17)14-6-10-3-2-4-13-5-10/h2-5,8H,6-7H2,1H3,(H2,14,15,17). The lowest BCUT2D eigenvalue weighted by molar-refractivity contribution is 0.240. The summed E-state index contributed by atoms with van der Waals surface area (Å²) in [6, 6.07) is 3.55. The normalized spacial score (nSPS) is 10.1. The summed E-state index contributed by atoms with van der Waals surface area (Å²) >= 11 is 1.58. The number of carbonyl (C=O) groups excluding carboxylic acids is 1. The Labute approximate surface area is 109 Å². The van der Waals surface area contributed by atoms with Crippen LogP contribution in [-0.2, 0) is 13.1 Å². The Morgan fingerprint density at radius 1 is 1.39 bits per heavy atom. The second-order valence-electron chi connectivity index (χ2n) is 3.76. The molecule has 6 heteroatoms. The van der Waals surface area contributed by atoms with Crippen molar-refractivity contribution in [2.24, 2.45) is 0 Å². The van der Waals surface area contributed by atoms with Crippen molar-refractivity contribution < 1.29 is 4.79 Å². The van der Waals surface area contributed by atoms with E-state index in [1.165, 1.54) is 0 Å². The number of rotatable bonds is 4. The van der Waals surface area contributed by atoms with E-state index < -0.39 is 0 Å². The molecule has 2 heterocycles. The van der Waals surface area contributed by atoms with E-state index in [0.717, 1.165) is 16.3 Å². The molecule has 0 bridgehead atoms. The molecule has 0 atom stereocenters. The first kappa shape index (κ1) is 12.5. The Hall–Kier alpha value is -1.95. The summed E-state index contributed by atoms with van der Waals surface area (Å²) in [5.41, 5.74) is 1.85. The number of aryl methyl sites for hydroxylation is 1. The number of urea groups is 1. The number of amides is 2. The third kappa shape index (κ3) is 3.81. The summed E-state index contributed by atoms with van der Waals surface area (Å²) in [5.74, 6) is 0. The van der Waals surface area contributed by atoms with Crippen molar-refractivity contribution in [3.8, 4) is 0 Å². The van der Waals surface area contributed by atoms with Crippen LogP contribution >= 0.6 is 11.3 Å². The van der Waals surface area contributed by atoms with Crippen LogP contribution in [0.1, 0.15) is 16.3 Å². The van der Waals surface area contributed by atoms with Gasteiger partial charge in [0.05, 0.1) is 17.2 Å². The molecule has 0 aliphatic rings. The molecule has 0 saturated heterocycles. The highest BCUT2D eigenvalue weighted by Crippen LogP contribution is 2.07. The summed E-state index contributed by atoms with van der Waals surface area (Å²) in [5, 5.41) is 8.46. The summed E-state index contributed by atoms with van der Waals surface area (Å²) < 4.78 is 0. The fraction of sp³-hybridized carbons (Fsp3) is 0.250. The van der Waals surface area contributed by atoms with Crippen LogP contribution in [-0.4, -0.2) is 16.0 Å². The maximum absolute atomic E-state index is 11.5. The summed E-state index contributed by atoms with van der Waals surface area (Å²) in [6.07, 6.45) is 3.43. The van der Waals surface area contributed by atoms with E-state index in [0.29, 0.717) is 13.1 Å². The highest BCUT2D eigenvalue weighted by molar-refractivity contribution is 7.09. The molecule has 2 N–H and O–H groups in total. The molecule has 0 radical (unpaired) electrons. The largest absolute Gasteiger partial charge is 0.334 e. The first-order valence-corrected chi connectivity index (χ1v) is 6.43. The highest BCUT2D eigenvalue weighted by Gasteiger charge is 2.02. The van der Waals surface area contributed by atoms with Gasteiger partial charge in [-0.15, -0.1) is 11.3 Å². The maximum atomic E-state index is 11.5. The zero-order chi connectivity index (χ0) is 12.8. The molecule has 0 aliphatic heterocycles. The highest BCUT2D eigenvalue weighted by atomic mass is 32.1. The van der Waals surface area contributed by atoms with E-state index in [9.17, 15) is 4.79 Å². The molecular formula is C12H14N4OS. The first-order valence-electron chi connectivity index (χ1n) is 5.55. The fourth-order valence-corrected chi connectivity index (χ4v) is 2.02. The van der Waals surface area contributed by atoms with Gasteiger partial charge in [0.15, 0.2) is 0 Å². The van der Waals surface area contributed by atoms with Gasteiger partial charge in [-0.1, -0.05) is 6.07 Å². The molecule has 0 saturated carbocycles. The van der Waals surface area contributed by atoms with Crippen LogP contribution in [0.5, 0.6) is 0 Å². The van der Waals surface area contributed by atoms with E-state index in [-0.39, 0.29) is 6.03 Å². The minimum absolute atomic E-state index is 0.204. The van der Waals surface area contributed by atoms with Gasteiger partial charge in [0, 0.05) is 24.3 Å². The van der Waals surface area contributed by atoms with Gasteiger partial charge >= 0.3 is 6.03 Å². The number of thiazole rings is 1. The van der Waals surface area contributed by atoms with Gasteiger partial charge in [0.1, 0.15) is 0 Å². The molecule has 0 fully saturated rings. The monoisotopic (exact) mass is 262 g/mol. The Morgan fingerprint density at radius 2 is 2.22 bits per heavy atom. The van der Waals surface area contributed by atoms with Gasteiger partial charge < -0.3 is 10.6 Å². The quantitative estimate of drug-likeness (QED) is 0.883. The number of hydrogen-bond acceptors (Lipinski definition) is 4. The summed E-state index contributed by atoms with van der Waals surface area (Å²) in [4.78, 5) is 19.8. The molecule has 2 aromatic rings. The predicted octanol–water partition coefficient (Wildman–Crippen LogP) is 1.85. The zero-order valence-corrected chi connectivity index (χ0v) is 10.8. The average Bonchev–Trinajstić information content (AvgIpc) is 2.81. The molecule has 0 aliphatic carbocycles. The maximum Gasteiger partial charge on any atom is 0.315 e. The van der Waals surface area contributed by atoms with Crippen LogP contribution in [0.25, 0.3) is 0 Å². The number of pyridine rings is 1. The molecule has 2 rings (SSSR count). The van der Waals surface area contributed by atoms with Crippen molar-refractivity contribution in [1.82, 2.24) is 20.6 Å². The van der Waals surface area contributed by atoms with Crippen LogP contribution in [0, 0.1) is 6.92 Å². The van der Waals surface area contributed by atoms with Crippen molar-refractivity contribution in [1.29, 1.82) is 0 Å². The molecule has 5 nitrogen and oxygen atoms in total. The van der Waals surface area contributed by atoms with Crippen molar-refractivity contribution in [3.05, 3.63) is 46.2 Å². The lowest BCUT2D eigenvalue weighted by atomic mass is 10.3. The minimum Gasteiger partial charge on any atom is -0.334 e. The number of nitrogens with zero attached hydrogens (tertiary/aromatic N) is 2. The van der Waals surface area contributed by atoms with Crippen LogP contribution in [0.3, 0.4) is 0 Å². The molecule has 18 heavy (non-hydrogen) atoms. The number of aromatic nitrogens is 2. The molecule has 0 spiro atoms. The van der Waals surface area contributed by atoms with Crippen molar-refractivity contribution in [2.75, 3.05) is 0 Å². The van der Waals surface area contributed by atoms with E-state index in [1.54, 1.807) is 23.7 Å². The van der Waals surface area contributed by atoms with Gasteiger partial charge in [-0.25, -0.2) is 9.78 Å². The van der Waals surface area contributed by atoms with Gasteiger partial charge in [0.25, 0.3) is 0 Å². The van der Waals surface area contributed by atoms with E-state index in [2.05, 4.69) is 20.6 Å². The van der Waals surface area contributed by atoms with E-state index in [1.807, 2.05) is 24.4 Å². The number of carbonyl (C=O) groups is 1. The lowest BCUT2D eigenvalue weighted by Crippen LogP contribution is -2.34. The third-order valence-corrected chi connectivity index (χ3v) is 3.09. The average molecular weight is 262 g/mol. The SMILES string of the molecule is Cc1nc(CNC(=O)NCc2cccnc2)cs1. The smallest absolute Gasteiger partial charge is 0.315 e. The van der Waals surface area contributed by atoms with Gasteiger partial charge in [-0.2, -0.15) is 0 Å². The van der Waals surface area contributed by atoms with Crippen LogP contribution in [0.2, 0.25) is 0 Å². The second kappa shape index (κ2) is 6.11. The second-order valence-corrected chi connectivity index (χ2v) is 4.82. The van der Waals surface area contributed by atoms with E-state index in [4.69, 9.17) is 0 Å². The topological polar surface area (TPSA) is 66.9 Å². The number of hydrogen-bond donors (Lipinski definition) is 2. The molecule has 0 aromatic carbocycles. The molecule has 2 aromatic heterocycles. The summed E-state index contributed by atoms with van der Waals surface area (Å²) in [6.45, 7) is 2.86. The van der Waals surface area contributed by atoms with E-state index >= 15 is 0 Å². The lowest BCUT2D eigenvalue weighted by Gasteiger charge is -2.06. The van der Waals surface area contributed by atoms with Crippen molar-refractivity contribution in [3.63, 3.8) is 0 Å². The zero-order valence-electron chi connectivity index (χ0n) is 10.0. The van der Waals surface area contributed by atoms with Gasteiger partial charge in [-0.05, 0) is 18.6 Å².